The van der Waals surface area contributed by atoms with Crippen LogP contribution in [0, 0.1) is 10.1 Å². The predicted octanol–water partition coefficient (Wildman–Crippen LogP) is 3.10. The number of ether oxygens (including phenoxy) is 1. The van der Waals surface area contributed by atoms with Gasteiger partial charge in [0.25, 0.3) is 5.69 Å². The van der Waals surface area contributed by atoms with Gasteiger partial charge < -0.3 is 20.3 Å². The molecule has 0 aliphatic carbocycles. The van der Waals surface area contributed by atoms with Crippen molar-refractivity contribution in [2.75, 3.05) is 5.32 Å². The lowest BCUT2D eigenvalue weighted by Crippen LogP contribution is -2.40. The SMILES string of the molecule is O=[N+]([O-])c1ccc(/C([O-])=C(/C(=S)Nc2ccc(OC(F)F)cc2)[n+]2cccc(CO)c2)cc1. The van der Waals surface area contributed by atoms with Crippen LogP contribution in [0.25, 0.3) is 11.5 Å². The Morgan fingerprint density at radius 3 is 2.39 bits per heavy atom. The Bertz CT molecular complexity index is 1190. The van der Waals surface area contributed by atoms with Crippen molar-refractivity contribution in [3.05, 3.63) is 94.3 Å². The topological polar surface area (TPSA) is 112 Å². The minimum absolute atomic E-state index is 0.000899. The van der Waals surface area contributed by atoms with Crippen LogP contribution in [-0.2, 0) is 6.61 Å². The average Bonchev–Trinajstić information content (AvgIpc) is 2.80. The number of non-ortho nitro benzene ring substituents is 1. The molecule has 3 aromatic rings. The van der Waals surface area contributed by atoms with Crippen molar-refractivity contribution in [1.29, 1.82) is 0 Å². The average molecular weight is 473 g/mol. The Balaban J connectivity index is 2.00. The Hall–Kier alpha value is -3.96. The first-order valence-electron chi connectivity index (χ1n) is 9.42. The van der Waals surface area contributed by atoms with Crippen molar-refractivity contribution in [2.24, 2.45) is 0 Å². The summed E-state index contributed by atoms with van der Waals surface area (Å²) in [5.41, 5.74) is 0.927. The summed E-state index contributed by atoms with van der Waals surface area (Å²) in [6.07, 6.45) is 3.08. The zero-order valence-electron chi connectivity index (χ0n) is 16.9. The monoisotopic (exact) mass is 473 g/mol. The molecule has 0 radical (unpaired) electrons. The molecular formula is C22H17F2N3O5S. The molecule has 3 rings (SSSR count). The molecule has 0 fully saturated rings. The van der Waals surface area contributed by atoms with Gasteiger partial charge in [-0.2, -0.15) is 13.3 Å². The molecule has 0 unspecified atom stereocenters. The lowest BCUT2D eigenvalue weighted by atomic mass is 10.1. The molecule has 2 N–H and O–H groups in total. The highest BCUT2D eigenvalue weighted by molar-refractivity contribution is 7.81. The van der Waals surface area contributed by atoms with Gasteiger partial charge in [-0.05, 0) is 53.8 Å². The van der Waals surface area contributed by atoms with E-state index < -0.39 is 17.3 Å². The standard InChI is InChI=1S/C22H17F2N3O5S/c23-22(24)32-18-9-5-16(6-10-18)25-21(33)19(26-11-1-2-14(12-26)13-28)20(29)15-3-7-17(8-4-15)27(30)31/h1-12,22,28H,13H2,(H-,25,29,33). The number of nitrogens with zero attached hydrogens (tertiary/aromatic N) is 2. The van der Waals surface area contributed by atoms with Gasteiger partial charge in [-0.25, -0.2) is 0 Å². The Labute approximate surface area is 192 Å². The molecule has 33 heavy (non-hydrogen) atoms. The molecule has 1 heterocycles. The van der Waals surface area contributed by atoms with Crippen molar-refractivity contribution >= 4 is 40.0 Å². The normalized spacial score (nSPS) is 11.6. The Morgan fingerprint density at radius 2 is 1.82 bits per heavy atom. The van der Waals surface area contributed by atoms with Crippen LogP contribution in [0.2, 0.25) is 0 Å². The summed E-state index contributed by atoms with van der Waals surface area (Å²) < 4.78 is 30.4. The number of hydrogen-bond acceptors (Lipinski definition) is 6. The fraction of sp³-hybridized carbons (Fsp3) is 0.0909. The maximum atomic E-state index is 13.3. The number of benzene rings is 2. The van der Waals surface area contributed by atoms with Crippen LogP contribution in [-0.4, -0.2) is 21.6 Å². The number of aromatic nitrogens is 1. The highest BCUT2D eigenvalue weighted by atomic mass is 32.1. The summed E-state index contributed by atoms with van der Waals surface area (Å²) in [7, 11) is 0. The molecule has 8 nitrogen and oxygen atoms in total. The van der Waals surface area contributed by atoms with Crippen LogP contribution in [0.3, 0.4) is 0 Å². The summed E-state index contributed by atoms with van der Waals surface area (Å²) in [4.78, 5) is 10.3. The minimum Gasteiger partial charge on any atom is -0.867 e. The third-order valence-electron chi connectivity index (χ3n) is 4.41. The molecule has 11 heteroatoms. The number of hydrogen-bond donors (Lipinski definition) is 2. The van der Waals surface area contributed by atoms with E-state index in [2.05, 4.69) is 10.1 Å². The summed E-state index contributed by atoms with van der Waals surface area (Å²) in [6.45, 7) is -3.23. The number of nitro groups is 1. The fourth-order valence-electron chi connectivity index (χ4n) is 2.88. The highest BCUT2D eigenvalue weighted by Crippen LogP contribution is 2.22. The van der Waals surface area contributed by atoms with Gasteiger partial charge in [0.1, 0.15) is 5.75 Å². The number of aliphatic hydroxyl groups is 1. The number of nitro benzene ring substituents is 1. The summed E-state index contributed by atoms with van der Waals surface area (Å²) in [5, 5.41) is 36.6. The lowest BCUT2D eigenvalue weighted by molar-refractivity contribution is -0.578. The van der Waals surface area contributed by atoms with Gasteiger partial charge in [-0.3, -0.25) is 10.1 Å². The highest BCUT2D eigenvalue weighted by Gasteiger charge is 2.20. The second kappa shape index (κ2) is 10.6. The van der Waals surface area contributed by atoms with Crippen molar-refractivity contribution in [2.45, 2.75) is 13.2 Å². The van der Waals surface area contributed by atoms with Crippen molar-refractivity contribution < 1.29 is 33.2 Å². The van der Waals surface area contributed by atoms with E-state index in [4.69, 9.17) is 12.2 Å². The molecule has 0 amide bonds. The van der Waals surface area contributed by atoms with Gasteiger partial charge in [-0.1, -0.05) is 12.2 Å². The van der Waals surface area contributed by atoms with Crippen LogP contribution >= 0.6 is 12.2 Å². The van der Waals surface area contributed by atoms with E-state index in [1.807, 2.05) is 0 Å². The van der Waals surface area contributed by atoms with E-state index in [1.165, 1.54) is 59.3 Å². The first kappa shape index (κ1) is 23.7. The van der Waals surface area contributed by atoms with Crippen molar-refractivity contribution in [1.82, 2.24) is 0 Å². The van der Waals surface area contributed by atoms with Crippen LogP contribution in [0.1, 0.15) is 11.1 Å². The predicted molar refractivity (Wildman–Crippen MR) is 118 cm³/mol. The van der Waals surface area contributed by atoms with E-state index in [-0.39, 0.29) is 34.3 Å². The number of rotatable bonds is 8. The third-order valence-corrected chi connectivity index (χ3v) is 4.71. The third kappa shape index (κ3) is 6.05. The quantitative estimate of drug-likeness (QED) is 0.129. The largest absolute Gasteiger partial charge is 0.867 e. The minimum atomic E-state index is -2.96. The molecular weight excluding hydrogens is 456 g/mol. The van der Waals surface area contributed by atoms with Gasteiger partial charge >= 0.3 is 6.61 Å². The van der Waals surface area contributed by atoms with E-state index in [0.717, 1.165) is 0 Å². The van der Waals surface area contributed by atoms with Crippen LogP contribution in [0.5, 0.6) is 5.75 Å². The molecule has 1 aromatic heterocycles. The van der Waals surface area contributed by atoms with Gasteiger partial charge in [0.05, 0.1) is 11.5 Å². The van der Waals surface area contributed by atoms with Crippen molar-refractivity contribution in [3.63, 3.8) is 0 Å². The zero-order valence-corrected chi connectivity index (χ0v) is 17.7. The molecule has 0 spiro atoms. The maximum Gasteiger partial charge on any atom is 0.387 e. The molecule has 0 atom stereocenters. The maximum absolute atomic E-state index is 13.3. The molecule has 0 saturated carbocycles. The lowest BCUT2D eigenvalue weighted by Gasteiger charge is -2.17. The summed E-state index contributed by atoms with van der Waals surface area (Å²) in [6, 6.07) is 13.8. The Morgan fingerprint density at radius 1 is 1.15 bits per heavy atom. The van der Waals surface area contributed by atoms with E-state index >= 15 is 0 Å². The molecule has 0 aliphatic rings. The summed E-state index contributed by atoms with van der Waals surface area (Å²) in [5.74, 6) is -0.571. The molecule has 0 saturated heterocycles. The number of pyridine rings is 1. The first-order valence-corrected chi connectivity index (χ1v) is 9.83. The summed E-state index contributed by atoms with van der Waals surface area (Å²) >= 11 is 5.45. The first-order chi connectivity index (χ1) is 15.8. The number of anilines is 1. The second-order valence-corrected chi connectivity index (χ2v) is 7.02. The van der Waals surface area contributed by atoms with E-state index in [9.17, 15) is 29.1 Å². The van der Waals surface area contributed by atoms with Crippen LogP contribution in [0.15, 0.2) is 73.1 Å². The molecule has 170 valence electrons. The number of nitrogens with one attached hydrogen (secondary N) is 1. The van der Waals surface area contributed by atoms with Gasteiger partial charge in [0, 0.05) is 29.4 Å². The van der Waals surface area contributed by atoms with E-state index in [0.29, 0.717) is 11.3 Å². The number of aliphatic hydroxyl groups excluding tert-OH is 1. The number of halogens is 2. The molecule has 0 aliphatic heterocycles. The van der Waals surface area contributed by atoms with Crippen LogP contribution < -0.4 is 19.7 Å². The molecule has 2 aromatic carbocycles. The smallest absolute Gasteiger partial charge is 0.387 e. The number of alkyl halides is 2. The Kier molecular flexibility index (Phi) is 7.59. The van der Waals surface area contributed by atoms with Crippen molar-refractivity contribution in [3.8, 4) is 5.75 Å². The number of thiocarbonyl (C=S) groups is 1. The molecule has 0 bridgehead atoms. The fourth-order valence-corrected chi connectivity index (χ4v) is 3.19. The zero-order chi connectivity index (χ0) is 24.0. The van der Waals surface area contributed by atoms with Gasteiger partial charge in [0.15, 0.2) is 17.4 Å². The van der Waals surface area contributed by atoms with Gasteiger partial charge in [-0.15, -0.1) is 0 Å². The van der Waals surface area contributed by atoms with Crippen LogP contribution in [0.4, 0.5) is 20.2 Å². The second-order valence-electron chi connectivity index (χ2n) is 6.62. The van der Waals surface area contributed by atoms with Gasteiger partial charge in [0.2, 0.25) is 5.70 Å². The van der Waals surface area contributed by atoms with E-state index in [1.54, 1.807) is 18.3 Å².